The summed E-state index contributed by atoms with van der Waals surface area (Å²) in [6, 6.07) is 18.8. The van der Waals surface area contributed by atoms with Crippen molar-refractivity contribution in [2.75, 3.05) is 38.9 Å². The van der Waals surface area contributed by atoms with Gasteiger partial charge in [0, 0.05) is 24.3 Å². The molecule has 218 valence electrons. The lowest BCUT2D eigenvalue weighted by molar-refractivity contribution is -0.134. The Hall–Kier alpha value is -4.65. The van der Waals surface area contributed by atoms with Crippen molar-refractivity contribution in [3.63, 3.8) is 0 Å². The molecule has 0 spiro atoms. The fourth-order valence-electron chi connectivity index (χ4n) is 4.81. The molecule has 0 radical (unpaired) electrons. The van der Waals surface area contributed by atoms with Gasteiger partial charge in [0.15, 0.2) is 0 Å². The monoisotopic (exact) mass is 569 g/mol. The second-order valence-corrected chi connectivity index (χ2v) is 9.92. The highest BCUT2D eigenvalue weighted by atomic mass is 16.5. The van der Waals surface area contributed by atoms with Gasteiger partial charge in [-0.25, -0.2) is 9.69 Å². The summed E-state index contributed by atoms with van der Waals surface area (Å²) in [7, 11) is 1.61. The van der Waals surface area contributed by atoms with E-state index in [1.54, 1.807) is 49.6 Å². The second-order valence-electron chi connectivity index (χ2n) is 9.92. The number of anilines is 1. The van der Waals surface area contributed by atoms with Gasteiger partial charge >= 0.3 is 6.03 Å². The lowest BCUT2D eigenvalue weighted by atomic mass is 9.91. The van der Waals surface area contributed by atoms with Crippen LogP contribution in [0.5, 0.6) is 5.75 Å². The molecule has 2 N–H and O–H groups in total. The van der Waals surface area contributed by atoms with Crippen molar-refractivity contribution in [3.8, 4) is 18.1 Å². The lowest BCUT2D eigenvalue weighted by Crippen LogP contribution is -2.50. The van der Waals surface area contributed by atoms with Crippen molar-refractivity contribution < 1.29 is 28.6 Å². The average molecular weight is 570 g/mol. The Labute approximate surface area is 246 Å². The van der Waals surface area contributed by atoms with Crippen LogP contribution in [-0.4, -0.2) is 62.3 Å². The highest BCUT2D eigenvalue weighted by Gasteiger charge is 2.47. The summed E-state index contributed by atoms with van der Waals surface area (Å²) in [4.78, 5) is 41.9. The smallest absolute Gasteiger partial charge is 0.325 e. The first kappa shape index (κ1) is 30.3. The minimum absolute atomic E-state index is 0.356. The number of methoxy groups -OCH3 is 1. The maximum Gasteiger partial charge on any atom is 0.325 e. The van der Waals surface area contributed by atoms with Crippen LogP contribution in [0.1, 0.15) is 41.1 Å². The molecule has 3 aromatic rings. The first-order chi connectivity index (χ1) is 20.3. The van der Waals surface area contributed by atoms with E-state index in [-0.39, 0.29) is 0 Å². The lowest BCUT2D eigenvalue weighted by Gasteiger charge is -2.30. The number of aryl methyl sites for hydroxylation is 1. The third-order valence-electron chi connectivity index (χ3n) is 7.11. The predicted octanol–water partition coefficient (Wildman–Crippen LogP) is 4.42. The summed E-state index contributed by atoms with van der Waals surface area (Å²) in [5.41, 5.74) is 3.39. The van der Waals surface area contributed by atoms with Gasteiger partial charge in [0.2, 0.25) is 5.91 Å². The van der Waals surface area contributed by atoms with Crippen LogP contribution in [0.25, 0.3) is 0 Å². The van der Waals surface area contributed by atoms with Crippen molar-refractivity contribution in [1.29, 1.82) is 0 Å². The number of amides is 4. The molecule has 1 fully saturated rings. The third kappa shape index (κ3) is 7.16. The molecule has 1 saturated heterocycles. The summed E-state index contributed by atoms with van der Waals surface area (Å²) in [5, 5.41) is 5.67. The van der Waals surface area contributed by atoms with Gasteiger partial charge in [-0.15, -0.1) is 6.42 Å². The first-order valence-electron chi connectivity index (χ1n) is 13.7. The summed E-state index contributed by atoms with van der Waals surface area (Å²) in [5.74, 6) is 1.69. The molecule has 4 rings (SSSR count). The molecule has 0 bridgehead atoms. The summed E-state index contributed by atoms with van der Waals surface area (Å²) in [6.07, 6.45) is 5.50. The number of carbonyl (C=O) groups is 3. The Bertz CT molecular complexity index is 1430. The zero-order valence-corrected chi connectivity index (χ0v) is 24.0. The van der Waals surface area contributed by atoms with Gasteiger partial charge in [0.05, 0.1) is 19.8 Å². The van der Waals surface area contributed by atoms with Crippen LogP contribution >= 0.6 is 0 Å². The number of imide groups is 1. The first-order valence-corrected chi connectivity index (χ1v) is 13.7. The Morgan fingerprint density at radius 2 is 1.74 bits per heavy atom. The molecular formula is C33H35N3O6. The van der Waals surface area contributed by atoms with Crippen LogP contribution in [0.3, 0.4) is 0 Å². The van der Waals surface area contributed by atoms with E-state index in [1.165, 1.54) is 0 Å². The van der Waals surface area contributed by atoms with Gasteiger partial charge in [0.25, 0.3) is 5.91 Å². The normalized spacial score (nSPS) is 16.0. The Morgan fingerprint density at radius 3 is 2.40 bits per heavy atom. The molecule has 3 aromatic carbocycles. The highest BCUT2D eigenvalue weighted by Crippen LogP contribution is 2.32. The minimum Gasteiger partial charge on any atom is -0.491 e. The number of ether oxygens (including phenoxy) is 3. The van der Waals surface area contributed by atoms with Crippen LogP contribution in [0.15, 0.2) is 72.8 Å². The van der Waals surface area contributed by atoms with Crippen molar-refractivity contribution >= 4 is 23.5 Å². The van der Waals surface area contributed by atoms with Crippen molar-refractivity contribution in [1.82, 2.24) is 10.2 Å². The summed E-state index contributed by atoms with van der Waals surface area (Å²) >= 11 is 0. The van der Waals surface area contributed by atoms with Crippen LogP contribution in [0.2, 0.25) is 0 Å². The predicted molar refractivity (Wildman–Crippen MR) is 159 cm³/mol. The Kier molecular flexibility index (Phi) is 10.3. The molecule has 1 heterocycles. The minimum atomic E-state index is -1.11. The highest BCUT2D eigenvalue weighted by molar-refractivity contribution is 6.10. The number of urea groups is 1. The fourth-order valence-corrected chi connectivity index (χ4v) is 4.81. The maximum atomic E-state index is 13.8. The Morgan fingerprint density at radius 1 is 1.02 bits per heavy atom. The fraction of sp³-hybridized carbons (Fsp3) is 0.303. The van der Waals surface area contributed by atoms with E-state index in [0.717, 1.165) is 16.0 Å². The number of hydrogen-bond acceptors (Lipinski definition) is 6. The van der Waals surface area contributed by atoms with E-state index in [9.17, 15) is 14.4 Å². The molecule has 4 amide bonds. The van der Waals surface area contributed by atoms with E-state index in [2.05, 4.69) is 16.6 Å². The molecule has 9 heteroatoms. The van der Waals surface area contributed by atoms with Gasteiger partial charge < -0.3 is 24.8 Å². The summed E-state index contributed by atoms with van der Waals surface area (Å²) in [6.45, 7) is 5.42. The topological polar surface area (TPSA) is 106 Å². The molecular weight excluding hydrogens is 534 g/mol. The van der Waals surface area contributed by atoms with E-state index >= 15 is 0 Å². The number of nitrogens with one attached hydrogen (secondary N) is 2. The van der Waals surface area contributed by atoms with E-state index in [0.29, 0.717) is 49.0 Å². The number of terminal acetylenes is 1. The van der Waals surface area contributed by atoms with Crippen molar-refractivity contribution in [2.45, 2.75) is 31.8 Å². The molecule has 1 aliphatic rings. The maximum absolute atomic E-state index is 13.8. The molecule has 9 nitrogen and oxygen atoms in total. The molecule has 0 unspecified atom stereocenters. The number of nitrogens with zero attached hydrogens (tertiary/aromatic N) is 1. The standard InChI is InChI=1S/C33H35N3O6/c1-5-24-11-16-28(22(2)21-24)34-31(37)30(23(3)25-9-7-6-8-10-25)36-32(38)29(35-33(36)39)26-12-14-27(15-13-26)42-20-19-41-18-17-40-4/h1,6-16,21,23,29-30H,17-20H2,2-4H3,(H,34,37)(H,35,39)/t23-,29+,30-/m0/s1. The zero-order chi connectivity index (χ0) is 30.1. The molecule has 42 heavy (non-hydrogen) atoms. The zero-order valence-electron chi connectivity index (χ0n) is 24.0. The van der Waals surface area contributed by atoms with E-state index < -0.39 is 35.8 Å². The van der Waals surface area contributed by atoms with Crippen LogP contribution < -0.4 is 15.4 Å². The summed E-state index contributed by atoms with van der Waals surface area (Å²) < 4.78 is 16.0. The SMILES string of the molecule is C#Cc1ccc(NC(=O)[C@H]([C@@H](C)c2ccccc2)N2C(=O)N[C@H](c3ccc(OCCOCCOC)cc3)C2=O)c(C)c1. The number of benzene rings is 3. The van der Waals surface area contributed by atoms with Gasteiger partial charge in [-0.2, -0.15) is 0 Å². The van der Waals surface area contributed by atoms with Crippen LogP contribution in [-0.2, 0) is 19.1 Å². The Balaban J connectivity index is 1.53. The van der Waals surface area contributed by atoms with E-state index in [1.807, 2.05) is 44.2 Å². The van der Waals surface area contributed by atoms with Gasteiger partial charge in [0.1, 0.15) is 24.4 Å². The van der Waals surface area contributed by atoms with E-state index in [4.69, 9.17) is 20.6 Å². The van der Waals surface area contributed by atoms with Crippen LogP contribution in [0.4, 0.5) is 10.5 Å². The van der Waals surface area contributed by atoms with Gasteiger partial charge in [-0.1, -0.05) is 55.3 Å². The second kappa shape index (κ2) is 14.3. The van der Waals surface area contributed by atoms with Gasteiger partial charge in [-0.3, -0.25) is 9.59 Å². The van der Waals surface area contributed by atoms with Crippen molar-refractivity contribution in [2.24, 2.45) is 0 Å². The molecule has 0 aromatic heterocycles. The largest absolute Gasteiger partial charge is 0.491 e. The van der Waals surface area contributed by atoms with Crippen LogP contribution in [0, 0.1) is 19.3 Å². The van der Waals surface area contributed by atoms with Gasteiger partial charge in [-0.05, 0) is 53.9 Å². The quantitative estimate of drug-likeness (QED) is 0.179. The molecule has 1 aliphatic heterocycles. The average Bonchev–Trinajstić information content (AvgIpc) is 3.29. The van der Waals surface area contributed by atoms with Crippen molar-refractivity contribution in [3.05, 3.63) is 95.1 Å². The third-order valence-corrected chi connectivity index (χ3v) is 7.11. The number of carbonyl (C=O) groups excluding carboxylic acids is 3. The number of hydrogen-bond donors (Lipinski definition) is 2. The molecule has 0 saturated carbocycles. The number of rotatable bonds is 13. The molecule has 3 atom stereocenters. The molecule has 0 aliphatic carbocycles.